The number of nitriles is 1. The molecule has 4 nitrogen and oxygen atoms in total. The van der Waals surface area contributed by atoms with E-state index in [4.69, 9.17) is 5.26 Å². The van der Waals surface area contributed by atoms with E-state index >= 15 is 0 Å². The molecule has 1 saturated heterocycles. The molecule has 0 bridgehead atoms. The van der Waals surface area contributed by atoms with Crippen molar-refractivity contribution in [1.82, 2.24) is 10.2 Å². The van der Waals surface area contributed by atoms with E-state index < -0.39 is 0 Å². The van der Waals surface area contributed by atoms with Crippen molar-refractivity contribution in [2.75, 3.05) is 19.6 Å². The molecule has 1 aromatic carbocycles. The fourth-order valence-electron chi connectivity index (χ4n) is 2.01. The largest absolute Gasteiger partial charge is 0.320 e. The molecule has 1 aromatic rings. The average molecular weight is 308 g/mol. The van der Waals surface area contributed by atoms with Gasteiger partial charge >= 0.3 is 0 Å². The quantitative estimate of drug-likeness (QED) is 0.859. The summed E-state index contributed by atoms with van der Waals surface area (Å²) in [5, 5.41) is 12.2. The monoisotopic (exact) mass is 307 g/mol. The van der Waals surface area contributed by atoms with Gasteiger partial charge < -0.3 is 10.2 Å². The van der Waals surface area contributed by atoms with Crippen molar-refractivity contribution in [2.24, 2.45) is 0 Å². The second kappa shape index (κ2) is 5.51. The van der Waals surface area contributed by atoms with Gasteiger partial charge in [0.15, 0.2) is 0 Å². The first kappa shape index (κ1) is 13.1. The molecule has 1 amide bonds. The van der Waals surface area contributed by atoms with Crippen LogP contribution in [0.25, 0.3) is 0 Å². The number of nitrogens with zero attached hydrogens (tertiary/aromatic N) is 2. The molecule has 5 heteroatoms. The number of amides is 1. The number of aryl methyl sites for hydroxylation is 1. The van der Waals surface area contributed by atoms with Crippen LogP contribution < -0.4 is 5.32 Å². The first-order chi connectivity index (χ1) is 8.63. The van der Waals surface area contributed by atoms with Gasteiger partial charge in [-0.3, -0.25) is 4.79 Å². The molecule has 2 rings (SSSR count). The second-order valence-electron chi connectivity index (χ2n) is 4.31. The summed E-state index contributed by atoms with van der Waals surface area (Å²) in [6, 6.07) is 7.29. The SMILES string of the molecule is Cc1cc(C(=O)N2CCNCC2C#N)ccc1Br. The van der Waals surface area contributed by atoms with Gasteiger partial charge in [0.1, 0.15) is 6.04 Å². The van der Waals surface area contributed by atoms with Crippen LogP contribution in [0.5, 0.6) is 0 Å². The molecule has 1 heterocycles. The Hall–Kier alpha value is -1.38. The number of hydrogen-bond acceptors (Lipinski definition) is 3. The Bertz CT molecular complexity index is 509. The molecule has 1 N–H and O–H groups in total. The summed E-state index contributed by atoms with van der Waals surface area (Å²) >= 11 is 3.41. The summed E-state index contributed by atoms with van der Waals surface area (Å²) < 4.78 is 0.983. The van der Waals surface area contributed by atoms with E-state index in [2.05, 4.69) is 27.3 Å². The number of piperazine rings is 1. The molecule has 1 aliphatic rings. The lowest BCUT2D eigenvalue weighted by Gasteiger charge is -2.32. The number of rotatable bonds is 1. The lowest BCUT2D eigenvalue weighted by Crippen LogP contribution is -2.53. The fraction of sp³-hybridized carbons (Fsp3) is 0.385. The third-order valence-electron chi connectivity index (χ3n) is 3.06. The molecular formula is C13H14BrN3O. The van der Waals surface area contributed by atoms with Gasteiger partial charge in [0.2, 0.25) is 0 Å². The van der Waals surface area contributed by atoms with Crippen molar-refractivity contribution >= 4 is 21.8 Å². The highest BCUT2D eigenvalue weighted by Gasteiger charge is 2.27. The topological polar surface area (TPSA) is 56.1 Å². The van der Waals surface area contributed by atoms with Crippen molar-refractivity contribution in [2.45, 2.75) is 13.0 Å². The molecule has 0 spiro atoms. The third-order valence-corrected chi connectivity index (χ3v) is 3.95. The van der Waals surface area contributed by atoms with E-state index in [0.29, 0.717) is 18.7 Å². The van der Waals surface area contributed by atoms with Crippen LogP contribution in [0.1, 0.15) is 15.9 Å². The Balaban J connectivity index is 2.24. The van der Waals surface area contributed by atoms with E-state index in [1.807, 2.05) is 19.1 Å². The molecule has 0 radical (unpaired) electrons. The Kier molecular flexibility index (Phi) is 4.00. The summed E-state index contributed by atoms with van der Waals surface area (Å²) in [4.78, 5) is 14.0. The molecule has 0 saturated carbocycles. The highest BCUT2D eigenvalue weighted by molar-refractivity contribution is 9.10. The van der Waals surface area contributed by atoms with Gasteiger partial charge in [0, 0.05) is 29.7 Å². The number of hydrogen-bond donors (Lipinski definition) is 1. The minimum atomic E-state index is -0.379. The molecule has 0 aliphatic carbocycles. The van der Waals surface area contributed by atoms with Crippen molar-refractivity contribution in [3.63, 3.8) is 0 Å². The molecular weight excluding hydrogens is 294 g/mol. The maximum Gasteiger partial charge on any atom is 0.255 e. The van der Waals surface area contributed by atoms with E-state index in [1.165, 1.54) is 0 Å². The number of carbonyl (C=O) groups is 1. The van der Waals surface area contributed by atoms with Gasteiger partial charge in [-0.25, -0.2) is 0 Å². The highest BCUT2D eigenvalue weighted by atomic mass is 79.9. The zero-order chi connectivity index (χ0) is 13.1. The summed E-state index contributed by atoms with van der Waals surface area (Å²) in [6.07, 6.45) is 0. The van der Waals surface area contributed by atoms with Crippen LogP contribution in [0.15, 0.2) is 22.7 Å². The van der Waals surface area contributed by atoms with Crippen molar-refractivity contribution < 1.29 is 4.79 Å². The minimum Gasteiger partial charge on any atom is -0.320 e. The fourth-order valence-corrected chi connectivity index (χ4v) is 2.25. The lowest BCUT2D eigenvalue weighted by atomic mass is 10.1. The van der Waals surface area contributed by atoms with Crippen LogP contribution in [0.4, 0.5) is 0 Å². The van der Waals surface area contributed by atoms with E-state index in [9.17, 15) is 4.79 Å². The van der Waals surface area contributed by atoms with Gasteiger partial charge in [0.05, 0.1) is 6.07 Å². The Labute approximate surface area is 115 Å². The maximum absolute atomic E-state index is 12.4. The first-order valence-corrected chi connectivity index (χ1v) is 6.60. The van der Waals surface area contributed by atoms with E-state index in [1.54, 1.807) is 11.0 Å². The smallest absolute Gasteiger partial charge is 0.255 e. The van der Waals surface area contributed by atoms with Crippen LogP contribution in [-0.4, -0.2) is 36.5 Å². The third kappa shape index (κ3) is 2.55. The molecule has 1 fully saturated rings. The Morgan fingerprint density at radius 1 is 1.61 bits per heavy atom. The Morgan fingerprint density at radius 2 is 2.39 bits per heavy atom. The maximum atomic E-state index is 12.4. The normalized spacial score (nSPS) is 19.4. The van der Waals surface area contributed by atoms with Crippen LogP contribution in [0.2, 0.25) is 0 Å². The number of carbonyl (C=O) groups excluding carboxylic acids is 1. The predicted molar refractivity (Wildman–Crippen MR) is 72.2 cm³/mol. The lowest BCUT2D eigenvalue weighted by molar-refractivity contribution is 0.0687. The molecule has 1 aliphatic heterocycles. The zero-order valence-corrected chi connectivity index (χ0v) is 11.7. The van der Waals surface area contributed by atoms with Crippen LogP contribution >= 0.6 is 15.9 Å². The van der Waals surface area contributed by atoms with Gasteiger partial charge in [0.25, 0.3) is 5.91 Å². The number of nitrogens with one attached hydrogen (secondary N) is 1. The molecule has 94 valence electrons. The first-order valence-electron chi connectivity index (χ1n) is 5.81. The Morgan fingerprint density at radius 3 is 3.06 bits per heavy atom. The number of benzene rings is 1. The second-order valence-corrected chi connectivity index (χ2v) is 5.17. The molecule has 18 heavy (non-hydrogen) atoms. The van der Waals surface area contributed by atoms with Gasteiger partial charge in [-0.05, 0) is 30.7 Å². The summed E-state index contributed by atoms with van der Waals surface area (Å²) in [5.74, 6) is -0.0707. The molecule has 1 unspecified atom stereocenters. The average Bonchev–Trinajstić information content (AvgIpc) is 2.41. The zero-order valence-electron chi connectivity index (χ0n) is 10.1. The summed E-state index contributed by atoms with van der Waals surface area (Å²) in [7, 11) is 0. The summed E-state index contributed by atoms with van der Waals surface area (Å²) in [6.45, 7) is 3.80. The van der Waals surface area contributed by atoms with E-state index in [0.717, 1.165) is 16.6 Å². The van der Waals surface area contributed by atoms with Crippen molar-refractivity contribution in [1.29, 1.82) is 5.26 Å². The minimum absolute atomic E-state index is 0.0707. The van der Waals surface area contributed by atoms with Crippen molar-refractivity contribution in [3.8, 4) is 6.07 Å². The predicted octanol–water partition coefficient (Wildman–Crippen LogP) is 1.70. The highest BCUT2D eigenvalue weighted by Crippen LogP contribution is 2.19. The van der Waals surface area contributed by atoms with Gasteiger partial charge in [-0.2, -0.15) is 5.26 Å². The van der Waals surface area contributed by atoms with Crippen molar-refractivity contribution in [3.05, 3.63) is 33.8 Å². The van der Waals surface area contributed by atoms with Crippen LogP contribution in [0, 0.1) is 18.3 Å². The van der Waals surface area contributed by atoms with Gasteiger partial charge in [-0.15, -0.1) is 0 Å². The summed E-state index contributed by atoms with van der Waals surface area (Å²) in [5.41, 5.74) is 1.65. The number of halogens is 1. The van der Waals surface area contributed by atoms with Crippen LogP contribution in [-0.2, 0) is 0 Å². The van der Waals surface area contributed by atoms with E-state index in [-0.39, 0.29) is 11.9 Å². The van der Waals surface area contributed by atoms with Crippen LogP contribution in [0.3, 0.4) is 0 Å². The molecule has 1 atom stereocenters. The molecule has 0 aromatic heterocycles. The van der Waals surface area contributed by atoms with Gasteiger partial charge in [-0.1, -0.05) is 15.9 Å². The standard InChI is InChI=1S/C13H14BrN3O/c1-9-6-10(2-3-12(9)14)13(18)17-5-4-16-8-11(17)7-15/h2-3,6,11,16H,4-5,8H2,1H3.